The first-order valence-electron chi connectivity index (χ1n) is 1.87. The summed E-state index contributed by atoms with van der Waals surface area (Å²) in [6.45, 7) is 0.399. The zero-order valence-corrected chi connectivity index (χ0v) is 3.97. The van der Waals surface area contributed by atoms with Crippen LogP contribution in [0.1, 0.15) is 0 Å². The van der Waals surface area contributed by atoms with E-state index in [-0.39, 0.29) is 0 Å². The predicted molar refractivity (Wildman–Crippen MR) is 22.6 cm³/mol. The molecule has 0 bridgehead atoms. The Bertz CT molecular complexity index is 113. The Balaban J connectivity index is 2.33. The third-order valence-electron chi connectivity index (χ3n) is 0.645. The maximum Gasteiger partial charge on any atom is 0.204 e. The van der Waals surface area contributed by atoms with E-state index in [9.17, 15) is 0 Å². The number of rotatable bonds is 1. The molecule has 1 aliphatic rings. The zero-order chi connectivity index (χ0) is 5.11. The lowest BCUT2D eigenvalue weighted by Crippen LogP contribution is -2.13. The number of nitrogens with zero attached hydrogens (tertiary/aromatic N) is 1. The van der Waals surface area contributed by atoms with Gasteiger partial charge in [0.2, 0.25) is 6.73 Å². The van der Waals surface area contributed by atoms with E-state index in [1.165, 1.54) is 5.06 Å². The minimum Gasteiger partial charge on any atom is -0.420 e. The number of hydrogen-bond donors (Lipinski definition) is 0. The Morgan fingerprint density at radius 3 is 3.00 bits per heavy atom. The summed E-state index contributed by atoms with van der Waals surface area (Å²) in [5.74, 6) is 0. The minimum absolute atomic E-state index is 0.399. The molecule has 0 aromatic rings. The highest BCUT2D eigenvalue weighted by Gasteiger charge is 1.99. The summed E-state index contributed by atoms with van der Waals surface area (Å²) in [6, 6.07) is 2.55. The quantitative estimate of drug-likeness (QED) is 0.423. The molecule has 3 heteroatoms. The molecule has 0 aromatic carbocycles. The van der Waals surface area contributed by atoms with E-state index in [1.807, 2.05) is 0 Å². The fourth-order valence-corrected chi connectivity index (χ4v) is 0.305. The molecule has 1 heterocycles. The van der Waals surface area contributed by atoms with Crippen LogP contribution in [0.15, 0.2) is 0 Å². The number of hydrogen-bond acceptors (Lipinski definition) is 3. The average molecular weight is 99.1 g/mol. The molecule has 0 N–H and O–H groups in total. The van der Waals surface area contributed by atoms with Crippen LogP contribution in [0.25, 0.3) is 0 Å². The van der Waals surface area contributed by atoms with Gasteiger partial charge in [-0.3, -0.25) is 4.84 Å². The van der Waals surface area contributed by atoms with Crippen LogP contribution in [0.4, 0.5) is 0 Å². The standard InChI is InChI=1S/C4H5NO2/c1-6-5-2-3-7-4-5/h4H2,1H3. The molecule has 1 rings (SSSR count). The Labute approximate surface area is 41.8 Å². The van der Waals surface area contributed by atoms with E-state index < -0.39 is 0 Å². The summed E-state index contributed by atoms with van der Waals surface area (Å²) < 4.78 is 4.59. The Morgan fingerprint density at radius 2 is 2.71 bits per heavy atom. The van der Waals surface area contributed by atoms with Crippen LogP contribution in [0.5, 0.6) is 0 Å². The monoisotopic (exact) mass is 99.0 g/mol. The first-order valence-corrected chi connectivity index (χ1v) is 1.87. The SMILES string of the molecule is CON1C#COC1. The fraction of sp³-hybridized carbons (Fsp3) is 0.500. The molecular weight excluding hydrogens is 94.0 g/mol. The van der Waals surface area contributed by atoms with Crippen molar-refractivity contribution in [2.24, 2.45) is 0 Å². The summed E-state index contributed by atoms with van der Waals surface area (Å²) in [5, 5.41) is 1.40. The maximum atomic E-state index is 4.65. The Kier molecular flexibility index (Phi) is 1.05. The molecule has 0 atom stereocenters. The lowest BCUT2D eigenvalue weighted by molar-refractivity contribution is -0.110. The van der Waals surface area contributed by atoms with E-state index in [0.29, 0.717) is 6.73 Å². The second-order valence-electron chi connectivity index (χ2n) is 1.05. The van der Waals surface area contributed by atoms with Crippen LogP contribution in [0.3, 0.4) is 0 Å². The first-order chi connectivity index (χ1) is 3.43. The molecule has 0 saturated carbocycles. The van der Waals surface area contributed by atoms with Gasteiger partial charge < -0.3 is 4.74 Å². The molecule has 7 heavy (non-hydrogen) atoms. The highest BCUT2D eigenvalue weighted by atomic mass is 16.7. The molecule has 1 aliphatic heterocycles. The van der Waals surface area contributed by atoms with Gasteiger partial charge >= 0.3 is 0 Å². The molecule has 0 aromatic heterocycles. The van der Waals surface area contributed by atoms with E-state index >= 15 is 0 Å². The second kappa shape index (κ2) is 1.71. The van der Waals surface area contributed by atoms with Crippen LogP contribution in [0.2, 0.25) is 0 Å². The molecule has 38 valence electrons. The van der Waals surface area contributed by atoms with Crippen LogP contribution in [-0.2, 0) is 9.57 Å². The van der Waals surface area contributed by atoms with Gasteiger partial charge in [-0.05, 0) is 0 Å². The summed E-state index contributed by atoms with van der Waals surface area (Å²) in [6.07, 6.45) is 2.37. The van der Waals surface area contributed by atoms with Gasteiger partial charge in [-0.25, -0.2) is 0 Å². The minimum atomic E-state index is 0.399. The molecule has 0 spiro atoms. The van der Waals surface area contributed by atoms with Gasteiger partial charge in [-0.2, -0.15) is 5.06 Å². The third kappa shape index (κ3) is 0.756. The van der Waals surface area contributed by atoms with Crippen LogP contribution in [-0.4, -0.2) is 18.9 Å². The maximum absolute atomic E-state index is 4.65. The van der Waals surface area contributed by atoms with Crippen molar-refractivity contribution in [2.75, 3.05) is 13.8 Å². The molecule has 0 fully saturated rings. The van der Waals surface area contributed by atoms with Crippen LogP contribution in [0, 0.1) is 12.2 Å². The van der Waals surface area contributed by atoms with E-state index in [4.69, 9.17) is 0 Å². The molecule has 0 amide bonds. The van der Waals surface area contributed by atoms with Crippen molar-refractivity contribution < 1.29 is 9.57 Å². The summed E-state index contributed by atoms with van der Waals surface area (Å²) in [4.78, 5) is 4.65. The van der Waals surface area contributed by atoms with Gasteiger partial charge in [0.25, 0.3) is 0 Å². The Hall–Kier alpha value is -0.880. The fourth-order valence-electron chi connectivity index (χ4n) is 0.305. The first kappa shape index (κ1) is 4.28. The molecule has 0 unspecified atom stereocenters. The molecule has 0 aliphatic carbocycles. The lowest BCUT2D eigenvalue weighted by atomic mass is 11.1. The van der Waals surface area contributed by atoms with Crippen molar-refractivity contribution >= 4 is 0 Å². The topological polar surface area (TPSA) is 21.7 Å². The van der Waals surface area contributed by atoms with Crippen molar-refractivity contribution in [2.45, 2.75) is 0 Å². The smallest absolute Gasteiger partial charge is 0.204 e. The predicted octanol–water partition coefficient (Wildman–Crippen LogP) is -0.244. The highest BCUT2D eigenvalue weighted by molar-refractivity contribution is 4.91. The van der Waals surface area contributed by atoms with Gasteiger partial charge in [0, 0.05) is 0 Å². The van der Waals surface area contributed by atoms with Crippen molar-refractivity contribution in [1.29, 1.82) is 0 Å². The van der Waals surface area contributed by atoms with Gasteiger partial charge in [0.1, 0.15) is 6.11 Å². The van der Waals surface area contributed by atoms with Crippen molar-refractivity contribution in [3.05, 3.63) is 0 Å². The molecule has 3 nitrogen and oxygen atoms in total. The highest BCUT2D eigenvalue weighted by Crippen LogP contribution is 1.90. The van der Waals surface area contributed by atoms with Crippen LogP contribution < -0.4 is 0 Å². The van der Waals surface area contributed by atoms with Gasteiger partial charge in [0.15, 0.2) is 0 Å². The summed E-state index contributed by atoms with van der Waals surface area (Å²) >= 11 is 0. The number of ether oxygens (including phenoxy) is 1. The van der Waals surface area contributed by atoms with Crippen molar-refractivity contribution in [3.63, 3.8) is 0 Å². The van der Waals surface area contributed by atoms with E-state index in [0.717, 1.165) is 0 Å². The third-order valence-corrected chi connectivity index (χ3v) is 0.645. The van der Waals surface area contributed by atoms with E-state index in [1.54, 1.807) is 7.11 Å². The number of hydroxylamine groups is 2. The van der Waals surface area contributed by atoms with Crippen molar-refractivity contribution in [3.8, 4) is 12.2 Å². The van der Waals surface area contributed by atoms with Gasteiger partial charge in [-0.1, -0.05) is 0 Å². The van der Waals surface area contributed by atoms with Gasteiger partial charge in [-0.15, -0.1) is 0 Å². The lowest BCUT2D eigenvalue weighted by Gasteiger charge is -2.04. The Morgan fingerprint density at radius 1 is 1.86 bits per heavy atom. The summed E-state index contributed by atoms with van der Waals surface area (Å²) in [7, 11) is 1.54. The van der Waals surface area contributed by atoms with Gasteiger partial charge in [0.05, 0.1) is 13.2 Å². The van der Waals surface area contributed by atoms with Crippen molar-refractivity contribution in [1.82, 2.24) is 5.06 Å². The normalized spacial score (nSPS) is 15.3. The average Bonchev–Trinajstić information content (AvgIpc) is 2.14. The largest absolute Gasteiger partial charge is 0.420 e. The molecule has 0 radical (unpaired) electrons. The zero-order valence-electron chi connectivity index (χ0n) is 3.97. The van der Waals surface area contributed by atoms with Crippen LogP contribution >= 0.6 is 0 Å². The molecular formula is C4H5NO2. The molecule has 0 saturated heterocycles. The van der Waals surface area contributed by atoms with E-state index in [2.05, 4.69) is 21.7 Å². The second-order valence-corrected chi connectivity index (χ2v) is 1.05. The summed E-state index contributed by atoms with van der Waals surface area (Å²) in [5.41, 5.74) is 0.